The molecule has 0 aliphatic carbocycles. The second-order valence-corrected chi connectivity index (χ2v) is 5.01. The SMILES string of the molecule is CCc1cc(C(=O)N2CC[C@](F)(C(=O)O)C2)oc1CC. The Morgan fingerprint density at radius 1 is 1.45 bits per heavy atom. The van der Waals surface area contributed by atoms with Crippen LogP contribution in [-0.4, -0.2) is 40.6 Å². The minimum atomic E-state index is -2.34. The van der Waals surface area contributed by atoms with E-state index >= 15 is 0 Å². The molecule has 0 unspecified atom stereocenters. The summed E-state index contributed by atoms with van der Waals surface area (Å²) in [5.41, 5.74) is -1.39. The smallest absolute Gasteiger partial charge is 0.343 e. The van der Waals surface area contributed by atoms with E-state index in [-0.39, 0.29) is 18.7 Å². The molecular weight excluding hydrogens is 265 g/mol. The molecule has 1 aliphatic heterocycles. The lowest BCUT2D eigenvalue weighted by atomic mass is 10.1. The van der Waals surface area contributed by atoms with E-state index in [0.29, 0.717) is 6.42 Å². The lowest BCUT2D eigenvalue weighted by molar-refractivity contribution is -0.149. The molecule has 0 radical (unpaired) electrons. The second kappa shape index (κ2) is 5.26. The summed E-state index contributed by atoms with van der Waals surface area (Å²) in [5, 5.41) is 8.83. The van der Waals surface area contributed by atoms with E-state index in [2.05, 4.69) is 0 Å². The number of amides is 1. The summed E-state index contributed by atoms with van der Waals surface area (Å²) < 4.78 is 19.5. The number of carbonyl (C=O) groups excluding carboxylic acids is 1. The van der Waals surface area contributed by atoms with Crippen molar-refractivity contribution in [1.29, 1.82) is 0 Å². The number of carbonyl (C=O) groups is 2. The van der Waals surface area contributed by atoms with Gasteiger partial charge in [-0.2, -0.15) is 0 Å². The molecule has 0 spiro atoms. The van der Waals surface area contributed by atoms with Gasteiger partial charge in [0.05, 0.1) is 6.54 Å². The zero-order valence-corrected chi connectivity index (χ0v) is 11.6. The summed E-state index contributed by atoms with van der Waals surface area (Å²) in [4.78, 5) is 24.3. The van der Waals surface area contributed by atoms with Crippen LogP contribution < -0.4 is 0 Å². The molecule has 5 nitrogen and oxygen atoms in total. The van der Waals surface area contributed by atoms with Crippen LogP contribution in [0.15, 0.2) is 10.5 Å². The summed E-state index contributed by atoms with van der Waals surface area (Å²) in [7, 11) is 0. The number of carboxylic acid groups (broad SMARTS) is 1. The third-order valence-corrected chi connectivity index (χ3v) is 3.70. The van der Waals surface area contributed by atoms with Gasteiger partial charge >= 0.3 is 5.97 Å². The van der Waals surface area contributed by atoms with E-state index in [1.165, 1.54) is 4.90 Å². The van der Waals surface area contributed by atoms with Crippen LogP contribution in [0.5, 0.6) is 0 Å². The number of alkyl halides is 1. The molecule has 2 heterocycles. The van der Waals surface area contributed by atoms with Crippen LogP contribution in [0.25, 0.3) is 0 Å². The highest BCUT2D eigenvalue weighted by Gasteiger charge is 2.47. The summed E-state index contributed by atoms with van der Waals surface area (Å²) >= 11 is 0. The van der Waals surface area contributed by atoms with E-state index < -0.39 is 24.1 Å². The Morgan fingerprint density at radius 2 is 2.15 bits per heavy atom. The van der Waals surface area contributed by atoms with Crippen LogP contribution in [-0.2, 0) is 17.6 Å². The van der Waals surface area contributed by atoms with Gasteiger partial charge in [-0.3, -0.25) is 4.79 Å². The van der Waals surface area contributed by atoms with Crippen molar-refractivity contribution in [1.82, 2.24) is 4.90 Å². The molecule has 110 valence electrons. The standard InChI is InChI=1S/C14H18FNO4/c1-3-9-7-11(20-10(9)4-2)12(17)16-6-5-14(15,8-16)13(18)19/h7H,3-6,8H2,1-2H3,(H,18,19)/t14-/m1/s1. The molecule has 1 saturated heterocycles. The number of rotatable bonds is 4. The van der Waals surface area contributed by atoms with Crippen molar-refractivity contribution in [3.05, 3.63) is 23.2 Å². The highest BCUT2D eigenvalue weighted by atomic mass is 19.1. The lowest BCUT2D eigenvalue weighted by Crippen LogP contribution is -2.38. The molecule has 0 aromatic carbocycles. The molecule has 1 aromatic rings. The number of carboxylic acids is 1. The molecule has 0 bridgehead atoms. The van der Waals surface area contributed by atoms with Crippen molar-refractivity contribution in [3.8, 4) is 0 Å². The Bertz CT molecular complexity index is 518. The molecule has 20 heavy (non-hydrogen) atoms. The van der Waals surface area contributed by atoms with Crippen LogP contribution in [0, 0.1) is 0 Å². The number of furan rings is 1. The number of hydrogen-bond acceptors (Lipinski definition) is 3. The molecule has 0 saturated carbocycles. The summed E-state index contributed by atoms with van der Waals surface area (Å²) in [6.07, 6.45) is 1.25. The number of hydrogen-bond donors (Lipinski definition) is 1. The Labute approximate surface area is 116 Å². The molecule has 1 N–H and O–H groups in total. The van der Waals surface area contributed by atoms with E-state index in [0.717, 1.165) is 17.7 Å². The van der Waals surface area contributed by atoms with Gasteiger partial charge in [0.25, 0.3) is 5.91 Å². The Kier molecular flexibility index (Phi) is 3.83. The fourth-order valence-corrected chi connectivity index (χ4v) is 2.45. The number of likely N-dealkylation sites (tertiary alicyclic amines) is 1. The predicted molar refractivity (Wildman–Crippen MR) is 69.5 cm³/mol. The van der Waals surface area contributed by atoms with Crippen molar-refractivity contribution in [2.75, 3.05) is 13.1 Å². The Morgan fingerprint density at radius 3 is 2.60 bits per heavy atom. The molecule has 1 aromatic heterocycles. The Balaban J connectivity index is 2.17. The molecule has 2 rings (SSSR count). The van der Waals surface area contributed by atoms with E-state index in [4.69, 9.17) is 9.52 Å². The zero-order valence-electron chi connectivity index (χ0n) is 11.6. The molecule has 1 aliphatic rings. The molecule has 6 heteroatoms. The zero-order chi connectivity index (χ0) is 14.9. The molecular formula is C14H18FNO4. The number of aliphatic carboxylic acids is 1. The van der Waals surface area contributed by atoms with Gasteiger partial charge in [-0.15, -0.1) is 0 Å². The summed E-state index contributed by atoms with van der Waals surface area (Å²) in [5.74, 6) is -1.05. The summed E-state index contributed by atoms with van der Waals surface area (Å²) in [6.45, 7) is 3.56. The minimum Gasteiger partial charge on any atom is -0.479 e. The lowest BCUT2D eigenvalue weighted by Gasteiger charge is -2.16. The van der Waals surface area contributed by atoms with E-state index in [1.54, 1.807) is 6.07 Å². The number of halogens is 1. The first-order chi connectivity index (χ1) is 9.41. The van der Waals surface area contributed by atoms with Gasteiger partial charge in [0.1, 0.15) is 5.76 Å². The van der Waals surface area contributed by atoms with Crippen LogP contribution in [0.3, 0.4) is 0 Å². The van der Waals surface area contributed by atoms with Crippen LogP contribution >= 0.6 is 0 Å². The second-order valence-electron chi connectivity index (χ2n) is 5.01. The van der Waals surface area contributed by atoms with Crippen molar-refractivity contribution < 1.29 is 23.5 Å². The predicted octanol–water partition coefficient (Wildman–Crippen LogP) is 2.04. The third kappa shape index (κ3) is 2.42. The van der Waals surface area contributed by atoms with Crippen molar-refractivity contribution in [2.24, 2.45) is 0 Å². The maximum absolute atomic E-state index is 14.0. The first kappa shape index (κ1) is 14.6. The number of nitrogens with zero attached hydrogens (tertiary/aromatic N) is 1. The van der Waals surface area contributed by atoms with Crippen molar-refractivity contribution in [2.45, 2.75) is 38.8 Å². The average Bonchev–Trinajstić information content (AvgIpc) is 3.02. The Hall–Kier alpha value is -1.85. The van der Waals surface area contributed by atoms with Gasteiger partial charge in [0, 0.05) is 19.4 Å². The van der Waals surface area contributed by atoms with Gasteiger partial charge in [0.2, 0.25) is 5.67 Å². The molecule has 1 amide bonds. The fraction of sp³-hybridized carbons (Fsp3) is 0.571. The van der Waals surface area contributed by atoms with Gasteiger partial charge in [-0.25, -0.2) is 9.18 Å². The van der Waals surface area contributed by atoms with Crippen molar-refractivity contribution >= 4 is 11.9 Å². The maximum Gasteiger partial charge on any atom is 0.343 e. The monoisotopic (exact) mass is 283 g/mol. The highest BCUT2D eigenvalue weighted by Crippen LogP contribution is 2.28. The van der Waals surface area contributed by atoms with Crippen LogP contribution in [0.1, 0.15) is 42.1 Å². The fourth-order valence-electron chi connectivity index (χ4n) is 2.45. The van der Waals surface area contributed by atoms with Crippen LogP contribution in [0.4, 0.5) is 4.39 Å². The minimum absolute atomic E-state index is 0.0885. The third-order valence-electron chi connectivity index (χ3n) is 3.70. The summed E-state index contributed by atoms with van der Waals surface area (Å²) in [6, 6.07) is 1.67. The largest absolute Gasteiger partial charge is 0.479 e. The maximum atomic E-state index is 14.0. The average molecular weight is 283 g/mol. The normalized spacial score (nSPS) is 22.2. The van der Waals surface area contributed by atoms with E-state index in [1.807, 2.05) is 13.8 Å². The number of aryl methyl sites for hydroxylation is 2. The van der Waals surface area contributed by atoms with E-state index in [9.17, 15) is 14.0 Å². The van der Waals surface area contributed by atoms with Gasteiger partial charge in [-0.05, 0) is 18.1 Å². The first-order valence-corrected chi connectivity index (χ1v) is 6.74. The van der Waals surface area contributed by atoms with Gasteiger partial charge in [0.15, 0.2) is 5.76 Å². The molecule has 1 fully saturated rings. The highest BCUT2D eigenvalue weighted by molar-refractivity contribution is 5.93. The van der Waals surface area contributed by atoms with Gasteiger partial charge < -0.3 is 14.4 Å². The topological polar surface area (TPSA) is 70.8 Å². The quantitative estimate of drug-likeness (QED) is 0.918. The van der Waals surface area contributed by atoms with Crippen LogP contribution in [0.2, 0.25) is 0 Å². The first-order valence-electron chi connectivity index (χ1n) is 6.74. The van der Waals surface area contributed by atoms with Crippen molar-refractivity contribution in [3.63, 3.8) is 0 Å². The molecule has 1 atom stereocenters. The van der Waals surface area contributed by atoms with Gasteiger partial charge in [-0.1, -0.05) is 13.8 Å².